The Morgan fingerprint density at radius 1 is 0.241 bits per heavy atom. The van der Waals surface area contributed by atoms with Crippen LogP contribution >= 0.6 is 0 Å². The zero-order valence-electron chi connectivity index (χ0n) is 43.3. The van der Waals surface area contributed by atoms with E-state index in [0.717, 1.165) is 28.3 Å². The number of fused-ring (bicyclic) bond motifs is 14. The van der Waals surface area contributed by atoms with E-state index in [0.29, 0.717) is 0 Å². The fourth-order valence-electron chi connectivity index (χ4n) is 13.5. The van der Waals surface area contributed by atoms with Crippen molar-refractivity contribution in [3.63, 3.8) is 0 Å². The minimum absolute atomic E-state index is 0.463. The molecule has 16 rings (SSSR count). The van der Waals surface area contributed by atoms with E-state index in [9.17, 15) is 0 Å². The molecule has 0 unspecified atom stereocenters. The molecule has 2 aliphatic carbocycles. The van der Waals surface area contributed by atoms with Gasteiger partial charge in [-0.15, -0.1) is 0 Å². The lowest BCUT2D eigenvalue weighted by molar-refractivity contribution is 0.793. The average Bonchev–Trinajstić information content (AvgIpc) is 4.08. The summed E-state index contributed by atoms with van der Waals surface area (Å²) in [5, 5.41) is 4.86. The van der Waals surface area contributed by atoms with Crippen LogP contribution in [0.5, 0.6) is 0 Å². The lowest BCUT2D eigenvalue weighted by Gasteiger charge is -2.32. The molecule has 0 bridgehead atoms. The van der Waals surface area contributed by atoms with E-state index in [1.165, 1.54) is 116 Å². The Balaban J connectivity index is 0.850. The van der Waals surface area contributed by atoms with Crippen LogP contribution < -0.4 is 4.90 Å². The standard InChI is InChI=1S/C77H50N2/c1-3-20-51(21-4-1)57-44-58(52-22-5-2-6-23-52)48-62(47-57)79-75-37-18-14-33-69(75)70-49-56(39-43-76(70)79)64-29-10-9-28-63(64)55-26-19-27-59(46-55)78(60-40-38-53-24-7-8-25-54(53)45-60)61-41-42-68-67-32-13-17-36-73(67)77(74(68)50-61)71-34-15-11-30-65(71)66-31-12-16-35-72(66)77/h1-50H. The van der Waals surface area contributed by atoms with Gasteiger partial charge in [0.2, 0.25) is 0 Å². The summed E-state index contributed by atoms with van der Waals surface area (Å²) in [7, 11) is 0. The van der Waals surface area contributed by atoms with E-state index in [-0.39, 0.29) is 0 Å². The molecule has 0 N–H and O–H groups in total. The third-order valence-corrected chi connectivity index (χ3v) is 16.9. The molecule has 0 saturated heterocycles. The van der Waals surface area contributed by atoms with Gasteiger partial charge >= 0.3 is 0 Å². The maximum atomic E-state index is 2.50. The smallest absolute Gasteiger partial charge is 0.0726 e. The Hall–Kier alpha value is -10.3. The molecule has 14 aromatic rings. The summed E-state index contributed by atoms with van der Waals surface area (Å²) in [6.45, 7) is 0. The van der Waals surface area contributed by atoms with Gasteiger partial charge in [0.05, 0.1) is 16.4 Å². The highest BCUT2D eigenvalue weighted by Gasteiger charge is 2.51. The van der Waals surface area contributed by atoms with E-state index in [4.69, 9.17) is 0 Å². The number of para-hydroxylation sites is 1. The molecule has 0 aliphatic heterocycles. The monoisotopic (exact) mass is 1000 g/mol. The van der Waals surface area contributed by atoms with Gasteiger partial charge in [0.15, 0.2) is 0 Å². The third-order valence-electron chi connectivity index (χ3n) is 16.9. The number of rotatable bonds is 8. The molecule has 1 aromatic heterocycles. The Bertz CT molecular complexity index is 4610. The summed E-state index contributed by atoms with van der Waals surface area (Å²) in [4.78, 5) is 2.47. The first-order valence-corrected chi connectivity index (χ1v) is 27.4. The van der Waals surface area contributed by atoms with E-state index in [2.05, 4.69) is 313 Å². The van der Waals surface area contributed by atoms with E-state index in [1.807, 2.05) is 0 Å². The Labute approximate surface area is 460 Å². The van der Waals surface area contributed by atoms with Crippen LogP contribution in [-0.2, 0) is 5.41 Å². The largest absolute Gasteiger partial charge is 0.310 e. The summed E-state index contributed by atoms with van der Waals surface area (Å²) in [6.07, 6.45) is 0. The molecule has 2 aliphatic rings. The predicted octanol–water partition coefficient (Wildman–Crippen LogP) is 20.4. The minimum atomic E-state index is -0.463. The Kier molecular flexibility index (Phi) is 10.2. The van der Waals surface area contributed by atoms with Crippen LogP contribution in [0.1, 0.15) is 22.3 Å². The summed E-state index contributed by atoms with van der Waals surface area (Å²) < 4.78 is 2.45. The summed E-state index contributed by atoms with van der Waals surface area (Å²) in [6, 6.07) is 113. The molecule has 1 heterocycles. The molecule has 0 atom stereocenters. The Morgan fingerprint density at radius 2 is 0.722 bits per heavy atom. The summed E-state index contributed by atoms with van der Waals surface area (Å²) in [5.74, 6) is 0. The van der Waals surface area contributed by atoms with Crippen LogP contribution in [0.4, 0.5) is 17.1 Å². The third kappa shape index (κ3) is 6.98. The van der Waals surface area contributed by atoms with E-state index < -0.39 is 5.41 Å². The van der Waals surface area contributed by atoms with Crippen LogP contribution in [0.2, 0.25) is 0 Å². The molecule has 0 saturated carbocycles. The zero-order valence-corrected chi connectivity index (χ0v) is 43.3. The quantitative estimate of drug-likeness (QED) is 0.147. The average molecular weight is 1000 g/mol. The van der Waals surface area contributed by atoms with Crippen molar-refractivity contribution in [2.75, 3.05) is 4.90 Å². The summed E-state index contributed by atoms with van der Waals surface area (Å²) >= 11 is 0. The van der Waals surface area contributed by atoms with Crippen LogP contribution in [0.25, 0.3) is 105 Å². The van der Waals surface area contributed by atoms with Crippen molar-refractivity contribution < 1.29 is 0 Å². The van der Waals surface area contributed by atoms with Gasteiger partial charge in [0.25, 0.3) is 0 Å². The molecule has 2 nitrogen and oxygen atoms in total. The second kappa shape index (κ2) is 17.9. The van der Waals surface area contributed by atoms with Crippen molar-refractivity contribution >= 4 is 49.6 Å². The minimum Gasteiger partial charge on any atom is -0.310 e. The summed E-state index contributed by atoms with van der Waals surface area (Å²) in [5.41, 5.74) is 26.3. The fraction of sp³-hybridized carbons (Fsp3) is 0.0130. The van der Waals surface area contributed by atoms with Crippen molar-refractivity contribution in [2.24, 2.45) is 0 Å². The molecule has 0 radical (unpaired) electrons. The number of hydrogen-bond donors (Lipinski definition) is 0. The number of nitrogens with zero attached hydrogens (tertiary/aromatic N) is 2. The van der Waals surface area contributed by atoms with E-state index in [1.54, 1.807) is 0 Å². The lowest BCUT2D eigenvalue weighted by atomic mass is 9.70. The molecular formula is C77H50N2. The number of anilines is 3. The molecule has 0 amide bonds. The van der Waals surface area contributed by atoms with Crippen LogP contribution in [-0.4, -0.2) is 4.57 Å². The van der Waals surface area contributed by atoms with Crippen molar-refractivity contribution in [2.45, 2.75) is 5.41 Å². The van der Waals surface area contributed by atoms with Crippen LogP contribution in [0, 0.1) is 0 Å². The zero-order chi connectivity index (χ0) is 52.0. The van der Waals surface area contributed by atoms with Crippen molar-refractivity contribution in [3.05, 3.63) is 326 Å². The van der Waals surface area contributed by atoms with Crippen LogP contribution in [0.3, 0.4) is 0 Å². The van der Waals surface area contributed by atoms with Crippen molar-refractivity contribution in [1.29, 1.82) is 0 Å². The van der Waals surface area contributed by atoms with Gasteiger partial charge in [-0.05, 0) is 173 Å². The predicted molar refractivity (Wildman–Crippen MR) is 331 cm³/mol. The molecule has 368 valence electrons. The van der Waals surface area contributed by atoms with Gasteiger partial charge in [-0.3, -0.25) is 0 Å². The lowest BCUT2D eigenvalue weighted by Crippen LogP contribution is -2.26. The first-order chi connectivity index (χ1) is 39.2. The number of benzene rings is 13. The molecular weight excluding hydrogens is 953 g/mol. The topological polar surface area (TPSA) is 8.17 Å². The molecule has 79 heavy (non-hydrogen) atoms. The maximum Gasteiger partial charge on any atom is 0.0726 e. The SMILES string of the molecule is c1ccc(-c2cc(-c3ccccc3)cc(-n3c4ccccc4c4cc(-c5ccccc5-c5cccc(N(c6ccc7c(c6)C6(c8ccccc8-c8ccccc86)c6ccccc6-7)c6ccc7ccccc7c6)c5)ccc43)c2)cc1. The van der Waals surface area contributed by atoms with Crippen LogP contribution in [0.15, 0.2) is 303 Å². The first kappa shape index (κ1) is 45.0. The highest BCUT2D eigenvalue weighted by Crippen LogP contribution is 2.63. The van der Waals surface area contributed by atoms with E-state index >= 15 is 0 Å². The van der Waals surface area contributed by atoms with Gasteiger partial charge in [0.1, 0.15) is 0 Å². The van der Waals surface area contributed by atoms with Gasteiger partial charge < -0.3 is 9.47 Å². The second-order valence-corrected chi connectivity index (χ2v) is 21.2. The van der Waals surface area contributed by atoms with Crippen molar-refractivity contribution in [3.8, 4) is 72.4 Å². The molecule has 0 fully saturated rings. The number of hydrogen-bond acceptors (Lipinski definition) is 1. The molecule has 1 spiro atoms. The van der Waals surface area contributed by atoms with Gasteiger partial charge in [-0.25, -0.2) is 0 Å². The molecule has 13 aromatic carbocycles. The van der Waals surface area contributed by atoms with Crippen molar-refractivity contribution in [1.82, 2.24) is 4.57 Å². The second-order valence-electron chi connectivity index (χ2n) is 21.2. The van der Waals surface area contributed by atoms with Gasteiger partial charge in [-0.2, -0.15) is 0 Å². The highest BCUT2D eigenvalue weighted by molar-refractivity contribution is 6.11. The van der Waals surface area contributed by atoms with Gasteiger partial charge in [-0.1, -0.05) is 231 Å². The highest BCUT2D eigenvalue weighted by atomic mass is 15.1. The fourth-order valence-corrected chi connectivity index (χ4v) is 13.5. The maximum absolute atomic E-state index is 2.50. The van der Waals surface area contributed by atoms with Gasteiger partial charge in [0, 0.05) is 33.5 Å². The first-order valence-electron chi connectivity index (χ1n) is 27.4. The number of aromatic nitrogens is 1. The Morgan fingerprint density at radius 3 is 1.38 bits per heavy atom. The molecule has 2 heteroatoms. The normalized spacial score (nSPS) is 12.7.